The Kier molecular flexibility index (Phi) is 11.1. The van der Waals surface area contributed by atoms with Crippen LogP contribution >= 0.6 is 23.1 Å². The lowest BCUT2D eigenvalue weighted by molar-refractivity contribution is 0.812. The van der Waals surface area contributed by atoms with Gasteiger partial charge in [0.15, 0.2) is 0 Å². The van der Waals surface area contributed by atoms with Crippen LogP contribution in [0.2, 0.25) is 0 Å². The molecule has 0 radical (unpaired) electrons. The quantitative estimate of drug-likeness (QED) is 0.101. The molecule has 1 aliphatic heterocycles. The Bertz CT molecular complexity index is 4420. The highest BCUT2D eigenvalue weighted by Gasteiger charge is 2.35. The van der Waals surface area contributed by atoms with E-state index in [1.165, 1.54) is 42.1 Å². The molecular formula is C68H46N6S2. The van der Waals surface area contributed by atoms with Gasteiger partial charge in [-0.05, 0) is 151 Å². The molecule has 6 nitrogen and oxygen atoms in total. The third kappa shape index (κ3) is 7.45. The molecule has 0 bridgehead atoms. The Morgan fingerprint density at radius 3 is 1.96 bits per heavy atom. The molecule has 360 valence electrons. The van der Waals surface area contributed by atoms with Crippen LogP contribution in [0.25, 0.3) is 70.4 Å². The fraction of sp³-hybridized carbons (Fsp3) is 0.0588. The minimum atomic E-state index is 0.211. The molecule has 0 saturated heterocycles. The lowest BCUT2D eigenvalue weighted by Crippen LogP contribution is -2.17. The highest BCUT2D eigenvalue weighted by atomic mass is 32.2. The first kappa shape index (κ1) is 45.3. The van der Waals surface area contributed by atoms with Crippen molar-refractivity contribution in [2.75, 3.05) is 9.80 Å². The second-order valence-electron chi connectivity index (χ2n) is 19.5. The molecule has 0 amide bonds. The standard InChI is InChI=1S/C68H46N6S2/c1-44(71-61-32-30-50(72(46-18-6-2-7-19-46)47-20-8-3-9-21-47)37-55(61)57-39-59-53-26-14-16-28-65(53)75-67(59)41-63(57)71)45(43-70)36-52(34-35-69)74-62-33-31-51(73(48-22-10-4-11-23-48)49-24-12-5-13-25-49)38-56(62)58-40-60-54-27-15-17-29-66(54)76-68(60)42-64(58)74/h2-8,10-20,22-34,36-39,41-42,60H,1,9,21,40H2/b45-36-,52-34-. The number of anilines is 5. The summed E-state index contributed by atoms with van der Waals surface area (Å²) in [5.74, 6) is 0.211. The number of thiophene rings is 1. The van der Waals surface area contributed by atoms with E-state index < -0.39 is 0 Å². The lowest BCUT2D eigenvalue weighted by Gasteiger charge is -2.29. The molecule has 0 saturated carbocycles. The highest BCUT2D eigenvalue weighted by Crippen LogP contribution is 2.55. The van der Waals surface area contributed by atoms with Crippen molar-refractivity contribution in [2.24, 2.45) is 0 Å². The largest absolute Gasteiger partial charge is 0.314 e. The first-order valence-corrected chi connectivity index (χ1v) is 27.2. The van der Waals surface area contributed by atoms with Gasteiger partial charge in [-0.2, -0.15) is 10.5 Å². The number of allylic oxidation sites excluding steroid dienone is 10. The van der Waals surface area contributed by atoms with Gasteiger partial charge in [0.05, 0.1) is 45.3 Å². The van der Waals surface area contributed by atoms with E-state index in [0.717, 1.165) is 90.8 Å². The first-order valence-electron chi connectivity index (χ1n) is 25.6. The smallest absolute Gasteiger partial charge is 0.101 e. The Balaban J connectivity index is 0.956. The van der Waals surface area contributed by atoms with Crippen LogP contribution in [0.3, 0.4) is 0 Å². The second-order valence-corrected chi connectivity index (χ2v) is 21.7. The predicted molar refractivity (Wildman–Crippen MR) is 320 cm³/mol. The number of nitriles is 2. The van der Waals surface area contributed by atoms with Crippen molar-refractivity contribution in [1.82, 2.24) is 9.13 Å². The van der Waals surface area contributed by atoms with Crippen molar-refractivity contribution in [3.63, 3.8) is 0 Å². The molecule has 2 aliphatic carbocycles. The average molecular weight is 1010 g/mol. The summed E-state index contributed by atoms with van der Waals surface area (Å²) < 4.78 is 6.73. The van der Waals surface area contributed by atoms with Crippen molar-refractivity contribution in [3.8, 4) is 12.1 Å². The molecular weight excluding hydrogens is 965 g/mol. The van der Waals surface area contributed by atoms with E-state index in [1.54, 1.807) is 17.4 Å². The summed E-state index contributed by atoms with van der Waals surface area (Å²) in [6, 6.07) is 71.8. The van der Waals surface area contributed by atoms with E-state index in [0.29, 0.717) is 17.0 Å². The van der Waals surface area contributed by atoms with Crippen LogP contribution in [0.1, 0.15) is 35.6 Å². The monoisotopic (exact) mass is 1010 g/mol. The van der Waals surface area contributed by atoms with Gasteiger partial charge in [0.25, 0.3) is 0 Å². The topological polar surface area (TPSA) is 63.9 Å². The van der Waals surface area contributed by atoms with E-state index in [9.17, 15) is 10.5 Å². The van der Waals surface area contributed by atoms with Crippen LogP contribution in [0.15, 0.2) is 246 Å². The Morgan fingerprint density at radius 2 is 1.25 bits per heavy atom. The van der Waals surface area contributed by atoms with Gasteiger partial charge < -0.3 is 18.9 Å². The van der Waals surface area contributed by atoms with Gasteiger partial charge in [-0.1, -0.05) is 121 Å². The summed E-state index contributed by atoms with van der Waals surface area (Å²) in [5.41, 5.74) is 14.4. The van der Waals surface area contributed by atoms with Crippen molar-refractivity contribution in [1.29, 1.82) is 10.5 Å². The van der Waals surface area contributed by atoms with Crippen LogP contribution in [0.4, 0.5) is 28.4 Å². The summed E-state index contributed by atoms with van der Waals surface area (Å²) in [6.45, 7) is 4.78. The van der Waals surface area contributed by atoms with Gasteiger partial charge in [0.1, 0.15) is 6.07 Å². The number of hydrogen-bond acceptors (Lipinski definition) is 6. The third-order valence-electron chi connectivity index (χ3n) is 15.2. The molecule has 76 heavy (non-hydrogen) atoms. The number of nitrogens with zero attached hydrogens (tertiary/aromatic N) is 6. The van der Waals surface area contributed by atoms with E-state index in [-0.39, 0.29) is 5.92 Å². The Hall–Kier alpha value is -9.31. The normalized spacial score (nSPS) is 15.1. The molecule has 1 atom stereocenters. The molecule has 3 aliphatic rings. The molecule has 1 unspecified atom stereocenters. The predicted octanol–water partition coefficient (Wildman–Crippen LogP) is 18.7. The maximum atomic E-state index is 11.4. The van der Waals surface area contributed by atoms with Crippen molar-refractivity contribution in [2.45, 2.75) is 30.1 Å². The van der Waals surface area contributed by atoms with Gasteiger partial charge in [-0.3, -0.25) is 0 Å². The second kappa shape index (κ2) is 18.6. The zero-order chi connectivity index (χ0) is 50.9. The summed E-state index contributed by atoms with van der Waals surface area (Å²) in [4.78, 5) is 7.21. The van der Waals surface area contributed by atoms with Gasteiger partial charge in [0.2, 0.25) is 0 Å². The maximum absolute atomic E-state index is 11.4. The van der Waals surface area contributed by atoms with Crippen molar-refractivity contribution in [3.05, 3.63) is 258 Å². The lowest BCUT2D eigenvalue weighted by atomic mass is 9.86. The van der Waals surface area contributed by atoms with E-state index in [4.69, 9.17) is 6.58 Å². The Labute approximate surface area is 448 Å². The number of hydrogen-bond donors (Lipinski definition) is 0. The van der Waals surface area contributed by atoms with Crippen LogP contribution < -0.4 is 9.80 Å². The van der Waals surface area contributed by atoms with Crippen molar-refractivity contribution >= 4 is 122 Å². The van der Waals surface area contributed by atoms with Crippen LogP contribution in [0, 0.1) is 22.7 Å². The third-order valence-corrected chi connectivity index (χ3v) is 17.6. The van der Waals surface area contributed by atoms with E-state index >= 15 is 0 Å². The molecule has 8 heteroatoms. The molecule has 0 N–H and O–H groups in total. The summed E-state index contributed by atoms with van der Waals surface area (Å²) in [7, 11) is 0. The first-order chi connectivity index (χ1) is 37.5. The highest BCUT2D eigenvalue weighted by molar-refractivity contribution is 8.03. The number of thioether (sulfide) groups is 1. The zero-order valence-electron chi connectivity index (χ0n) is 41.3. The molecule has 8 aromatic carbocycles. The van der Waals surface area contributed by atoms with Gasteiger partial charge in [-0.15, -0.1) is 11.3 Å². The van der Waals surface area contributed by atoms with Crippen LogP contribution in [-0.2, 0) is 6.42 Å². The minimum absolute atomic E-state index is 0.211. The number of para-hydroxylation sites is 3. The SMILES string of the molecule is C=C(/C(C#N)=C\C(=C\C#N)n1c2c(c3cc(N(c4ccccc4)c4ccccc4)ccc31)CC1C(=C2)Sc2ccccc21)n1c2ccc(N(C3=CC=CCC3)c3ccccc3)cc2c2cc3c(cc21)sc1ccccc13. The summed E-state index contributed by atoms with van der Waals surface area (Å²) in [5, 5.41) is 27.8. The minimum Gasteiger partial charge on any atom is -0.314 e. The van der Waals surface area contributed by atoms with Gasteiger partial charge in [0, 0.05) is 87.4 Å². The number of benzene rings is 8. The molecule has 3 aromatic heterocycles. The van der Waals surface area contributed by atoms with Crippen LogP contribution in [-0.4, -0.2) is 9.13 Å². The Morgan fingerprint density at radius 1 is 0.605 bits per heavy atom. The molecule has 14 rings (SSSR count). The van der Waals surface area contributed by atoms with E-state index in [1.807, 2.05) is 30.0 Å². The molecule has 0 spiro atoms. The molecule has 4 heterocycles. The average Bonchev–Trinajstić information content (AvgIpc) is 4.23. The maximum Gasteiger partial charge on any atom is 0.101 e. The zero-order valence-corrected chi connectivity index (χ0v) is 42.9. The van der Waals surface area contributed by atoms with Gasteiger partial charge in [-0.25, -0.2) is 0 Å². The summed E-state index contributed by atoms with van der Waals surface area (Å²) in [6.07, 6.45) is 15.0. The number of aromatic nitrogens is 2. The molecule has 11 aromatic rings. The fourth-order valence-corrected chi connectivity index (χ4v) is 14.2. The fourth-order valence-electron chi connectivity index (χ4n) is 11.8. The van der Waals surface area contributed by atoms with Crippen LogP contribution in [0.5, 0.6) is 0 Å². The van der Waals surface area contributed by atoms with Crippen molar-refractivity contribution < 1.29 is 0 Å². The van der Waals surface area contributed by atoms with E-state index in [2.05, 4.69) is 231 Å². The number of rotatable bonds is 10. The van der Waals surface area contributed by atoms with Gasteiger partial charge >= 0.3 is 0 Å². The number of fused-ring (bicyclic) bond motifs is 12. The molecule has 0 fully saturated rings. The summed E-state index contributed by atoms with van der Waals surface area (Å²) >= 11 is 3.60.